The van der Waals surface area contributed by atoms with Gasteiger partial charge in [-0.2, -0.15) is 0 Å². The molecular weight excluding hydrogens is 245 g/mol. The number of fused-ring (bicyclic) bond motifs is 1. The molecule has 2 aromatic rings. The fourth-order valence-electron chi connectivity index (χ4n) is 1.69. The van der Waals surface area contributed by atoms with Gasteiger partial charge in [-0.25, -0.2) is 0 Å². The zero-order valence-corrected chi connectivity index (χ0v) is 10.0. The zero-order chi connectivity index (χ0) is 10.1. The van der Waals surface area contributed by atoms with E-state index in [1.54, 1.807) is 0 Å². The molecular formula is C13H10AsN. The molecule has 3 rings (SSSR count). The molecule has 0 bridgehead atoms. The summed E-state index contributed by atoms with van der Waals surface area (Å²) in [5, 5.41) is 3.51. The molecule has 0 saturated carbocycles. The van der Waals surface area contributed by atoms with E-state index in [1.807, 2.05) is 0 Å². The van der Waals surface area contributed by atoms with Crippen molar-refractivity contribution in [2.24, 2.45) is 0 Å². The minimum absolute atomic E-state index is 0.136. The maximum atomic E-state index is 3.51. The van der Waals surface area contributed by atoms with Crippen molar-refractivity contribution in [3.63, 3.8) is 0 Å². The number of hydrogen-bond donors (Lipinski definition) is 1. The van der Waals surface area contributed by atoms with Gasteiger partial charge in [0.1, 0.15) is 0 Å². The summed E-state index contributed by atoms with van der Waals surface area (Å²) in [5.74, 6) is 0. The number of nitrogens with one attached hydrogen (secondary N) is 1. The first-order valence-corrected chi connectivity index (χ1v) is 6.81. The van der Waals surface area contributed by atoms with Gasteiger partial charge in [0.05, 0.1) is 0 Å². The van der Waals surface area contributed by atoms with Gasteiger partial charge in [-0.15, -0.1) is 0 Å². The van der Waals surface area contributed by atoms with Crippen LogP contribution in [0.3, 0.4) is 0 Å². The van der Waals surface area contributed by atoms with Crippen LogP contribution >= 0.6 is 0 Å². The van der Waals surface area contributed by atoms with Crippen molar-refractivity contribution in [2.45, 2.75) is 0 Å². The van der Waals surface area contributed by atoms with Crippen molar-refractivity contribution in [3.05, 3.63) is 60.2 Å². The molecule has 0 amide bonds. The van der Waals surface area contributed by atoms with Crippen LogP contribution in [0, 0.1) is 0 Å². The van der Waals surface area contributed by atoms with Gasteiger partial charge < -0.3 is 0 Å². The summed E-state index contributed by atoms with van der Waals surface area (Å²) in [4.78, 5) is 0. The molecule has 0 aliphatic carbocycles. The Kier molecular flexibility index (Phi) is 2.19. The van der Waals surface area contributed by atoms with Crippen LogP contribution in [-0.4, -0.2) is 19.7 Å². The van der Waals surface area contributed by atoms with Gasteiger partial charge in [0.2, 0.25) is 0 Å². The summed E-state index contributed by atoms with van der Waals surface area (Å²) in [6.45, 7) is 0. The van der Waals surface area contributed by atoms with Crippen molar-refractivity contribution >= 4 is 29.8 Å². The summed E-state index contributed by atoms with van der Waals surface area (Å²) in [6, 6.07) is 19.2. The first kappa shape index (κ1) is 8.94. The molecule has 2 heteroatoms. The van der Waals surface area contributed by atoms with Crippen molar-refractivity contribution in [2.75, 3.05) is 5.32 Å². The summed E-state index contributed by atoms with van der Waals surface area (Å²) in [5.41, 5.74) is 2.62. The second-order valence-corrected chi connectivity index (χ2v) is 5.89. The molecule has 0 radical (unpaired) electrons. The predicted molar refractivity (Wildman–Crippen MR) is 66.0 cm³/mol. The average Bonchev–Trinajstić information content (AvgIpc) is 2.74. The molecule has 0 aromatic heterocycles. The molecule has 72 valence electrons. The molecule has 1 heterocycles. The maximum absolute atomic E-state index is 3.51. The second-order valence-electron chi connectivity index (χ2n) is 3.47. The van der Waals surface area contributed by atoms with Crippen LogP contribution in [-0.2, 0) is 0 Å². The predicted octanol–water partition coefficient (Wildman–Crippen LogP) is 1.62. The molecule has 1 nitrogen and oxygen atoms in total. The van der Waals surface area contributed by atoms with Gasteiger partial charge in [-0.05, 0) is 0 Å². The monoisotopic (exact) mass is 255 g/mol. The Bertz CT molecular complexity index is 517. The molecule has 0 saturated heterocycles. The van der Waals surface area contributed by atoms with Gasteiger partial charge >= 0.3 is 95.3 Å². The Morgan fingerprint density at radius 2 is 1.53 bits per heavy atom. The van der Waals surface area contributed by atoms with Crippen molar-refractivity contribution < 1.29 is 0 Å². The van der Waals surface area contributed by atoms with Gasteiger partial charge in [-0.3, -0.25) is 0 Å². The fraction of sp³-hybridized carbons (Fsp3) is 0. The Morgan fingerprint density at radius 1 is 0.800 bits per heavy atom. The number of hydrogen-bond acceptors (Lipinski definition) is 1. The summed E-state index contributed by atoms with van der Waals surface area (Å²) in [6.07, 6.45) is 0. The summed E-state index contributed by atoms with van der Waals surface area (Å²) >= 11 is 0.136. The molecule has 2 aromatic carbocycles. The van der Waals surface area contributed by atoms with E-state index in [-0.39, 0.29) is 15.3 Å². The molecule has 1 N–H and O–H groups in total. The molecule has 0 spiro atoms. The number of benzene rings is 2. The van der Waals surface area contributed by atoms with Crippen LogP contribution in [0.4, 0.5) is 5.69 Å². The number of rotatable bonds is 1. The van der Waals surface area contributed by atoms with Crippen molar-refractivity contribution in [1.29, 1.82) is 0 Å². The van der Waals surface area contributed by atoms with Crippen molar-refractivity contribution in [3.8, 4) is 0 Å². The summed E-state index contributed by atoms with van der Waals surface area (Å²) in [7, 11) is 0. The Hall–Kier alpha value is -1.33. The van der Waals surface area contributed by atoms with E-state index in [2.05, 4.69) is 59.9 Å². The van der Waals surface area contributed by atoms with E-state index in [9.17, 15) is 0 Å². The molecule has 0 atom stereocenters. The Balaban J connectivity index is 2.02. The normalized spacial score (nSPS) is 14.0. The van der Waals surface area contributed by atoms with Crippen LogP contribution in [0.2, 0.25) is 0 Å². The van der Waals surface area contributed by atoms with E-state index >= 15 is 0 Å². The van der Waals surface area contributed by atoms with Gasteiger partial charge in [0.25, 0.3) is 0 Å². The first-order valence-electron chi connectivity index (χ1n) is 4.94. The van der Waals surface area contributed by atoms with Crippen LogP contribution in [0.5, 0.6) is 0 Å². The molecule has 0 unspecified atom stereocenters. The van der Waals surface area contributed by atoms with Crippen molar-refractivity contribution in [1.82, 2.24) is 0 Å². The standard InChI is InChI=1S/C13H10AsN/c1-2-6-10(7-3-1)13-14-11-8-4-5-9-12(11)15-13/h1-9,15H. The second kappa shape index (κ2) is 3.67. The zero-order valence-electron chi connectivity index (χ0n) is 8.14. The van der Waals surface area contributed by atoms with E-state index in [4.69, 9.17) is 0 Å². The SMILES string of the molecule is c1ccc(C2=[As]c3ccccc3N2)cc1. The average molecular weight is 255 g/mol. The third-order valence-corrected chi connectivity index (χ3v) is 5.01. The molecule has 0 fully saturated rings. The number of anilines is 1. The van der Waals surface area contributed by atoms with Crippen LogP contribution in [0.25, 0.3) is 0 Å². The van der Waals surface area contributed by atoms with Crippen LogP contribution in [0.1, 0.15) is 5.56 Å². The summed E-state index contributed by atoms with van der Waals surface area (Å²) < 4.78 is 2.88. The Labute approximate surface area is 95.4 Å². The molecule has 1 aliphatic heterocycles. The molecule has 1 aliphatic rings. The van der Waals surface area contributed by atoms with Crippen LogP contribution in [0.15, 0.2) is 54.6 Å². The third kappa shape index (κ3) is 1.64. The van der Waals surface area contributed by atoms with Gasteiger partial charge in [-0.1, -0.05) is 0 Å². The topological polar surface area (TPSA) is 12.0 Å². The molecule has 15 heavy (non-hydrogen) atoms. The quantitative estimate of drug-likeness (QED) is 0.763. The van der Waals surface area contributed by atoms with E-state index in [0.29, 0.717) is 0 Å². The fourth-order valence-corrected chi connectivity index (χ4v) is 4.01. The van der Waals surface area contributed by atoms with Crippen LogP contribution < -0.4 is 9.67 Å². The Morgan fingerprint density at radius 3 is 2.33 bits per heavy atom. The number of para-hydroxylation sites is 1. The van der Waals surface area contributed by atoms with E-state index < -0.39 is 0 Å². The van der Waals surface area contributed by atoms with E-state index in [0.717, 1.165) is 0 Å². The van der Waals surface area contributed by atoms with Gasteiger partial charge in [0, 0.05) is 0 Å². The minimum atomic E-state index is 0.136. The van der Waals surface area contributed by atoms with Gasteiger partial charge in [0.15, 0.2) is 0 Å². The van der Waals surface area contributed by atoms with E-state index in [1.165, 1.54) is 20.0 Å². The third-order valence-electron chi connectivity index (χ3n) is 2.44. The first-order chi connectivity index (χ1) is 7.43.